The predicted molar refractivity (Wildman–Crippen MR) is 97.6 cm³/mol. The summed E-state index contributed by atoms with van der Waals surface area (Å²) in [6, 6.07) is 0. The van der Waals surface area contributed by atoms with Crippen LogP contribution >= 0.6 is 0 Å². The van der Waals surface area contributed by atoms with Crippen LogP contribution in [-0.4, -0.2) is 45.3 Å². The first-order chi connectivity index (χ1) is 11.6. The van der Waals surface area contributed by atoms with Crippen LogP contribution in [0.1, 0.15) is 64.7 Å². The Labute approximate surface area is 146 Å². The predicted octanol–water partition coefficient (Wildman–Crippen LogP) is 2.95. The van der Waals surface area contributed by atoms with Gasteiger partial charge in [-0.1, -0.05) is 50.5 Å². The van der Waals surface area contributed by atoms with E-state index in [4.69, 9.17) is 5.11 Å². The molecule has 1 saturated carbocycles. The number of rotatable bonds is 12. The lowest BCUT2D eigenvalue weighted by atomic mass is 9.89. The summed E-state index contributed by atoms with van der Waals surface area (Å²) in [6.07, 6.45) is 14.3. The summed E-state index contributed by atoms with van der Waals surface area (Å²) in [5.74, 6) is -0.0869. The fraction of sp³-hybridized carbons (Fsp3) is 0.800. The molecule has 4 nitrogen and oxygen atoms in total. The quantitative estimate of drug-likeness (QED) is 0.325. The minimum Gasteiger partial charge on any atom is -0.396 e. The second-order valence-corrected chi connectivity index (χ2v) is 6.99. The monoisotopic (exact) mass is 340 g/mol. The smallest absolute Gasteiger partial charge is 0.0721 e. The Morgan fingerprint density at radius 1 is 1.04 bits per heavy atom. The lowest BCUT2D eigenvalue weighted by Gasteiger charge is -2.19. The van der Waals surface area contributed by atoms with Gasteiger partial charge in [-0.15, -0.1) is 0 Å². The van der Waals surface area contributed by atoms with Crippen LogP contribution in [0.2, 0.25) is 0 Å². The number of allylic oxidation sites excluding steroid dienone is 2. The van der Waals surface area contributed by atoms with Crippen molar-refractivity contribution in [3.05, 3.63) is 24.3 Å². The zero-order chi connectivity index (χ0) is 17.8. The highest BCUT2D eigenvalue weighted by Crippen LogP contribution is 2.36. The molecule has 0 aromatic heterocycles. The number of unbranched alkanes of at least 4 members (excludes halogenated alkanes) is 4. The molecule has 1 aliphatic carbocycles. The Hall–Kier alpha value is -0.680. The first-order valence-corrected chi connectivity index (χ1v) is 9.58. The Morgan fingerprint density at radius 2 is 1.83 bits per heavy atom. The molecule has 0 aromatic rings. The third-order valence-electron chi connectivity index (χ3n) is 4.93. The second kappa shape index (κ2) is 12.6. The van der Waals surface area contributed by atoms with E-state index in [1.165, 1.54) is 0 Å². The van der Waals surface area contributed by atoms with E-state index < -0.39 is 18.3 Å². The van der Waals surface area contributed by atoms with E-state index in [-0.39, 0.29) is 18.4 Å². The fourth-order valence-electron chi connectivity index (χ4n) is 3.41. The first-order valence-electron chi connectivity index (χ1n) is 9.58. The standard InChI is InChI=1S/C20H36O4/c1-2-3-7-10-16(22)12-13-18-17(19(23)15-20(18)24)11-8-5-4-6-9-14-21/h5,8,12-13,16-24H,2-4,6-7,9-11,14-15H2,1H3/b8-5+,13-12?/t16-,17+,18-,19+,20-/m1/s1. The molecule has 1 fully saturated rings. The van der Waals surface area contributed by atoms with Crippen molar-refractivity contribution < 1.29 is 20.4 Å². The Balaban J connectivity index is 2.46. The largest absolute Gasteiger partial charge is 0.396 e. The maximum Gasteiger partial charge on any atom is 0.0721 e. The van der Waals surface area contributed by atoms with Gasteiger partial charge < -0.3 is 20.4 Å². The molecule has 24 heavy (non-hydrogen) atoms. The van der Waals surface area contributed by atoms with E-state index >= 15 is 0 Å². The molecule has 0 unspecified atom stereocenters. The summed E-state index contributed by atoms with van der Waals surface area (Å²) in [5.41, 5.74) is 0. The minimum absolute atomic E-state index is 0.00758. The summed E-state index contributed by atoms with van der Waals surface area (Å²) in [6.45, 7) is 2.37. The molecule has 0 radical (unpaired) electrons. The van der Waals surface area contributed by atoms with Crippen molar-refractivity contribution >= 4 is 0 Å². The second-order valence-electron chi connectivity index (χ2n) is 6.99. The van der Waals surface area contributed by atoms with E-state index in [1.807, 2.05) is 6.08 Å². The number of hydrogen-bond donors (Lipinski definition) is 4. The topological polar surface area (TPSA) is 80.9 Å². The summed E-state index contributed by atoms with van der Waals surface area (Å²) in [7, 11) is 0. The lowest BCUT2D eigenvalue weighted by molar-refractivity contribution is 0.120. The molecule has 140 valence electrons. The molecule has 0 aliphatic heterocycles. The number of aliphatic hydroxyl groups is 4. The van der Waals surface area contributed by atoms with Gasteiger partial charge in [0, 0.05) is 18.9 Å². The third kappa shape index (κ3) is 7.93. The van der Waals surface area contributed by atoms with E-state index in [0.717, 1.165) is 51.4 Å². The maximum atomic E-state index is 10.2. The Bertz CT molecular complexity index is 367. The number of hydrogen-bond acceptors (Lipinski definition) is 4. The van der Waals surface area contributed by atoms with E-state index in [2.05, 4.69) is 19.1 Å². The first kappa shape index (κ1) is 21.4. The Kier molecular flexibility index (Phi) is 11.3. The van der Waals surface area contributed by atoms with E-state index in [1.54, 1.807) is 6.08 Å². The van der Waals surface area contributed by atoms with Gasteiger partial charge in [-0.2, -0.15) is 0 Å². The van der Waals surface area contributed by atoms with E-state index in [0.29, 0.717) is 6.42 Å². The minimum atomic E-state index is -0.535. The molecule has 4 N–H and O–H groups in total. The highest BCUT2D eigenvalue weighted by molar-refractivity contribution is 5.06. The van der Waals surface area contributed by atoms with Crippen LogP contribution in [0.3, 0.4) is 0 Å². The zero-order valence-corrected chi connectivity index (χ0v) is 15.1. The van der Waals surface area contributed by atoms with Crippen LogP contribution in [0.15, 0.2) is 24.3 Å². The van der Waals surface area contributed by atoms with Crippen molar-refractivity contribution in [1.82, 2.24) is 0 Å². The van der Waals surface area contributed by atoms with Crippen molar-refractivity contribution in [3.63, 3.8) is 0 Å². The Morgan fingerprint density at radius 3 is 2.54 bits per heavy atom. The molecule has 0 amide bonds. The molecule has 5 atom stereocenters. The molecule has 0 aromatic carbocycles. The SMILES string of the molecule is CCCCC[C@@H](O)C=C[C@@H]1[C@H](C/C=C/CCCCO)[C@@H](O)C[C@H]1O. The van der Waals surface area contributed by atoms with Crippen LogP contribution < -0.4 is 0 Å². The van der Waals surface area contributed by atoms with Crippen molar-refractivity contribution in [2.45, 2.75) is 83.0 Å². The highest BCUT2D eigenvalue weighted by Gasteiger charge is 2.39. The van der Waals surface area contributed by atoms with Gasteiger partial charge in [0.2, 0.25) is 0 Å². The van der Waals surface area contributed by atoms with Gasteiger partial charge in [-0.25, -0.2) is 0 Å². The summed E-state index contributed by atoms with van der Waals surface area (Å²) < 4.78 is 0. The highest BCUT2D eigenvalue weighted by atomic mass is 16.3. The van der Waals surface area contributed by atoms with Crippen molar-refractivity contribution in [1.29, 1.82) is 0 Å². The van der Waals surface area contributed by atoms with Crippen molar-refractivity contribution in [3.8, 4) is 0 Å². The molecule has 0 spiro atoms. The number of aliphatic hydroxyl groups excluding tert-OH is 4. The van der Waals surface area contributed by atoms with Crippen LogP contribution in [0, 0.1) is 11.8 Å². The van der Waals surface area contributed by atoms with Crippen LogP contribution in [-0.2, 0) is 0 Å². The van der Waals surface area contributed by atoms with Gasteiger partial charge in [-0.05, 0) is 38.0 Å². The molecule has 0 bridgehead atoms. The summed E-state index contributed by atoms with van der Waals surface area (Å²) in [5, 5.41) is 39.1. The lowest BCUT2D eigenvalue weighted by Crippen LogP contribution is -2.20. The van der Waals surface area contributed by atoms with Gasteiger partial charge in [0.1, 0.15) is 0 Å². The zero-order valence-electron chi connectivity index (χ0n) is 15.1. The van der Waals surface area contributed by atoms with Crippen molar-refractivity contribution in [2.24, 2.45) is 11.8 Å². The maximum absolute atomic E-state index is 10.2. The van der Waals surface area contributed by atoms with Crippen molar-refractivity contribution in [2.75, 3.05) is 6.61 Å². The van der Waals surface area contributed by atoms with Gasteiger partial charge in [0.15, 0.2) is 0 Å². The van der Waals surface area contributed by atoms with Gasteiger partial charge in [-0.3, -0.25) is 0 Å². The fourth-order valence-corrected chi connectivity index (χ4v) is 3.41. The molecule has 0 heterocycles. The molecule has 4 heteroatoms. The average molecular weight is 341 g/mol. The van der Waals surface area contributed by atoms with Crippen LogP contribution in [0.4, 0.5) is 0 Å². The normalized spacial score (nSPS) is 29.0. The summed E-state index contributed by atoms with van der Waals surface area (Å²) in [4.78, 5) is 0. The molecular formula is C20H36O4. The molecule has 1 rings (SSSR count). The molecule has 0 saturated heterocycles. The van der Waals surface area contributed by atoms with Crippen LogP contribution in [0.25, 0.3) is 0 Å². The van der Waals surface area contributed by atoms with Gasteiger partial charge in [0.25, 0.3) is 0 Å². The molecular weight excluding hydrogens is 304 g/mol. The third-order valence-corrected chi connectivity index (χ3v) is 4.93. The van der Waals surface area contributed by atoms with Gasteiger partial charge >= 0.3 is 0 Å². The van der Waals surface area contributed by atoms with Gasteiger partial charge in [0.05, 0.1) is 18.3 Å². The average Bonchev–Trinajstić information content (AvgIpc) is 2.82. The van der Waals surface area contributed by atoms with E-state index in [9.17, 15) is 15.3 Å². The molecule has 1 aliphatic rings. The summed E-state index contributed by atoms with van der Waals surface area (Å²) >= 11 is 0. The van der Waals surface area contributed by atoms with Crippen LogP contribution in [0.5, 0.6) is 0 Å².